The standard InChI is InChI=1S/C34H49N3O5S/c1-7-12-13-21-42-33(41)28-27-18-19-34(43-27)29(28)31(39)37(26(22-38)23(6)9-3)30(34)32(40)36(20-8-2)25-16-14-24(15-17-25)35(10-4)11-5/h7-8,14-17,23,26-30,38H,1-2,9-13,18-22H2,3-6H3/t23-,26-,27-,28+,29-,30?,34?/m0/s1. The molecule has 1 aromatic carbocycles. The van der Waals surface area contributed by atoms with E-state index in [0.717, 1.165) is 43.7 Å². The van der Waals surface area contributed by atoms with Gasteiger partial charge in [0.25, 0.3) is 5.91 Å². The Kier molecular flexibility index (Phi) is 11.0. The summed E-state index contributed by atoms with van der Waals surface area (Å²) in [6.07, 6.45) is 7.06. The van der Waals surface area contributed by atoms with Gasteiger partial charge in [0.1, 0.15) is 6.04 Å². The molecule has 236 valence electrons. The molecule has 2 amide bonds. The summed E-state index contributed by atoms with van der Waals surface area (Å²) in [5.74, 6) is -2.06. The molecule has 1 aromatic rings. The lowest BCUT2D eigenvalue weighted by Gasteiger charge is -2.41. The lowest BCUT2D eigenvalue weighted by Crippen LogP contribution is -2.58. The van der Waals surface area contributed by atoms with Crippen LogP contribution < -0.4 is 9.80 Å². The predicted molar refractivity (Wildman–Crippen MR) is 174 cm³/mol. The summed E-state index contributed by atoms with van der Waals surface area (Å²) in [5, 5.41) is 10.5. The third kappa shape index (κ3) is 5.99. The zero-order chi connectivity index (χ0) is 31.3. The van der Waals surface area contributed by atoms with E-state index >= 15 is 0 Å². The Balaban J connectivity index is 1.75. The largest absolute Gasteiger partial charge is 0.465 e. The smallest absolute Gasteiger partial charge is 0.310 e. The van der Waals surface area contributed by atoms with Crippen LogP contribution >= 0.6 is 11.8 Å². The zero-order valence-corrected chi connectivity index (χ0v) is 27.1. The maximum Gasteiger partial charge on any atom is 0.310 e. The quantitative estimate of drug-likeness (QED) is 0.159. The SMILES string of the molecule is C=CCCCOC(=O)[C@@H]1[C@@H]2CCC3(S2)C(C(=O)N(CC=C)c2ccc(N(CC)CC)cc2)N([C@@H](CO)[C@@H](C)CC)C(=O)[C@H]13. The van der Waals surface area contributed by atoms with Crippen LogP contribution in [0.25, 0.3) is 0 Å². The minimum atomic E-state index is -0.813. The van der Waals surface area contributed by atoms with Crippen molar-refractivity contribution in [3.8, 4) is 0 Å². The number of ether oxygens (including phenoxy) is 1. The third-order valence-electron chi connectivity index (χ3n) is 9.75. The van der Waals surface area contributed by atoms with Gasteiger partial charge in [-0.15, -0.1) is 24.9 Å². The Morgan fingerprint density at radius 1 is 1.16 bits per heavy atom. The molecule has 2 unspecified atom stereocenters. The Morgan fingerprint density at radius 2 is 1.84 bits per heavy atom. The highest BCUT2D eigenvalue weighted by molar-refractivity contribution is 8.02. The lowest BCUT2D eigenvalue weighted by molar-refractivity contribution is -0.154. The number of carbonyl (C=O) groups excluding carboxylic acids is 3. The van der Waals surface area contributed by atoms with E-state index in [0.29, 0.717) is 12.8 Å². The van der Waals surface area contributed by atoms with Gasteiger partial charge in [-0.25, -0.2) is 0 Å². The van der Waals surface area contributed by atoms with Crippen LogP contribution in [0.3, 0.4) is 0 Å². The highest BCUT2D eigenvalue weighted by Gasteiger charge is 2.75. The van der Waals surface area contributed by atoms with E-state index in [4.69, 9.17) is 4.74 Å². The fraction of sp³-hybridized carbons (Fsp3) is 0.618. The predicted octanol–water partition coefficient (Wildman–Crippen LogP) is 5.06. The molecule has 8 nitrogen and oxygen atoms in total. The molecule has 0 aliphatic carbocycles. The Hall–Kier alpha value is -2.78. The van der Waals surface area contributed by atoms with Crippen molar-refractivity contribution in [2.45, 2.75) is 81.9 Å². The van der Waals surface area contributed by atoms with Gasteiger partial charge in [-0.1, -0.05) is 32.4 Å². The van der Waals surface area contributed by atoms with Gasteiger partial charge in [0.15, 0.2) is 0 Å². The van der Waals surface area contributed by atoms with Gasteiger partial charge in [0.2, 0.25) is 5.91 Å². The maximum atomic E-state index is 14.9. The number of nitrogens with zero attached hydrogens (tertiary/aromatic N) is 3. The van der Waals surface area contributed by atoms with Gasteiger partial charge in [-0.3, -0.25) is 14.4 Å². The van der Waals surface area contributed by atoms with Crippen molar-refractivity contribution in [1.29, 1.82) is 0 Å². The van der Waals surface area contributed by atoms with E-state index < -0.39 is 28.7 Å². The van der Waals surface area contributed by atoms with E-state index in [9.17, 15) is 19.5 Å². The topological polar surface area (TPSA) is 90.4 Å². The van der Waals surface area contributed by atoms with Gasteiger partial charge < -0.3 is 24.5 Å². The van der Waals surface area contributed by atoms with E-state index in [2.05, 4.69) is 31.9 Å². The van der Waals surface area contributed by atoms with Crippen molar-refractivity contribution in [2.75, 3.05) is 42.6 Å². The number of hydrogen-bond acceptors (Lipinski definition) is 7. The Bertz CT molecular complexity index is 1170. The molecule has 0 radical (unpaired) electrons. The van der Waals surface area contributed by atoms with Crippen molar-refractivity contribution >= 4 is 40.9 Å². The van der Waals surface area contributed by atoms with Crippen LogP contribution in [0.1, 0.15) is 59.8 Å². The molecule has 43 heavy (non-hydrogen) atoms. The summed E-state index contributed by atoms with van der Waals surface area (Å²) in [7, 11) is 0. The number of amides is 2. The number of carbonyl (C=O) groups is 3. The minimum Gasteiger partial charge on any atom is -0.465 e. The molecule has 9 heteroatoms. The van der Waals surface area contributed by atoms with E-state index in [1.54, 1.807) is 33.7 Å². The number of unbranched alkanes of at least 4 members (excludes halogenated alkanes) is 1. The number of aliphatic hydroxyl groups excluding tert-OH is 1. The van der Waals surface area contributed by atoms with Crippen LogP contribution in [0, 0.1) is 17.8 Å². The number of anilines is 2. The molecule has 0 aromatic heterocycles. The van der Waals surface area contributed by atoms with Crippen molar-refractivity contribution in [2.24, 2.45) is 17.8 Å². The second-order valence-corrected chi connectivity index (χ2v) is 13.6. The molecule has 3 aliphatic heterocycles. The summed E-state index contributed by atoms with van der Waals surface area (Å²) < 4.78 is 4.93. The first-order valence-electron chi connectivity index (χ1n) is 15.9. The number of likely N-dealkylation sites (tertiary alicyclic amines) is 1. The van der Waals surface area contributed by atoms with Crippen LogP contribution in [0.2, 0.25) is 0 Å². The molecule has 1 N–H and O–H groups in total. The van der Waals surface area contributed by atoms with Crippen LogP contribution in [0.4, 0.5) is 11.4 Å². The van der Waals surface area contributed by atoms with Crippen LogP contribution in [-0.2, 0) is 19.1 Å². The van der Waals surface area contributed by atoms with Crippen LogP contribution in [0.5, 0.6) is 0 Å². The van der Waals surface area contributed by atoms with Crippen LogP contribution in [0.15, 0.2) is 49.6 Å². The lowest BCUT2D eigenvalue weighted by atomic mass is 9.71. The summed E-state index contributed by atoms with van der Waals surface area (Å²) >= 11 is 1.62. The third-order valence-corrected chi connectivity index (χ3v) is 11.7. The summed E-state index contributed by atoms with van der Waals surface area (Å²) in [6, 6.07) is 6.60. The summed E-state index contributed by atoms with van der Waals surface area (Å²) in [5.41, 5.74) is 1.81. The van der Waals surface area contributed by atoms with E-state index in [-0.39, 0.29) is 48.7 Å². The highest BCUT2D eigenvalue weighted by atomic mass is 32.2. The zero-order valence-electron chi connectivity index (χ0n) is 26.2. The maximum absolute atomic E-state index is 14.9. The number of thioether (sulfide) groups is 1. The van der Waals surface area contributed by atoms with Gasteiger partial charge >= 0.3 is 5.97 Å². The molecule has 2 bridgehead atoms. The molecule has 3 heterocycles. The highest BCUT2D eigenvalue weighted by Crippen LogP contribution is 2.67. The first kappa shape index (κ1) is 33.1. The van der Waals surface area contributed by atoms with Gasteiger partial charge in [0.05, 0.1) is 35.8 Å². The molecule has 3 fully saturated rings. The Labute approximate surface area is 261 Å². The molecule has 4 rings (SSSR count). The molecule has 7 atom stereocenters. The van der Waals surface area contributed by atoms with Gasteiger partial charge in [0, 0.05) is 36.3 Å². The fourth-order valence-electron chi connectivity index (χ4n) is 7.34. The van der Waals surface area contributed by atoms with Gasteiger partial charge in [-0.2, -0.15) is 0 Å². The fourth-order valence-corrected chi connectivity index (χ4v) is 9.53. The molecule has 1 spiro atoms. The molecular formula is C34H49N3O5S. The molecule has 0 saturated carbocycles. The molecular weight excluding hydrogens is 562 g/mol. The van der Waals surface area contributed by atoms with Crippen molar-refractivity contribution < 1.29 is 24.2 Å². The summed E-state index contributed by atoms with van der Waals surface area (Å²) in [4.78, 5) is 48.4. The number of rotatable bonds is 16. The number of benzene rings is 1. The second kappa shape index (κ2) is 14.3. The first-order chi connectivity index (χ1) is 20.7. The average Bonchev–Trinajstić information content (AvgIpc) is 3.66. The Morgan fingerprint density at radius 3 is 2.42 bits per heavy atom. The number of fused-ring (bicyclic) bond motifs is 1. The van der Waals surface area contributed by atoms with Crippen LogP contribution in [-0.4, -0.2) is 82.7 Å². The minimum absolute atomic E-state index is 0.0350. The number of aliphatic hydroxyl groups is 1. The van der Waals surface area contributed by atoms with E-state index in [1.165, 1.54) is 0 Å². The normalized spacial score (nSPS) is 27.0. The van der Waals surface area contributed by atoms with Crippen molar-refractivity contribution in [3.63, 3.8) is 0 Å². The molecule has 3 aliphatic rings. The number of hydrogen-bond donors (Lipinski definition) is 1. The average molecular weight is 612 g/mol. The number of allylic oxidation sites excluding steroid dienone is 1. The summed E-state index contributed by atoms with van der Waals surface area (Å²) in [6.45, 7) is 18.0. The second-order valence-electron chi connectivity index (χ2n) is 12.0. The van der Waals surface area contributed by atoms with E-state index in [1.807, 2.05) is 38.1 Å². The van der Waals surface area contributed by atoms with Crippen molar-refractivity contribution in [1.82, 2.24) is 4.90 Å². The monoisotopic (exact) mass is 611 g/mol. The molecule has 3 saturated heterocycles. The number of esters is 1. The first-order valence-corrected chi connectivity index (χ1v) is 16.8. The van der Waals surface area contributed by atoms with Crippen molar-refractivity contribution in [3.05, 3.63) is 49.6 Å². The van der Waals surface area contributed by atoms with Gasteiger partial charge in [-0.05, 0) is 69.7 Å².